The van der Waals surface area contributed by atoms with Gasteiger partial charge < -0.3 is 9.84 Å². The average Bonchev–Trinajstić information content (AvgIpc) is 2.77. The number of hydrazine groups is 1. The van der Waals surface area contributed by atoms with Crippen molar-refractivity contribution in [2.75, 3.05) is 12.1 Å². The molecule has 0 fully saturated rings. The predicted octanol–water partition coefficient (Wildman–Crippen LogP) is 3.84. The molecule has 0 aliphatic carbocycles. The van der Waals surface area contributed by atoms with Gasteiger partial charge in [0.2, 0.25) is 0 Å². The van der Waals surface area contributed by atoms with Crippen molar-refractivity contribution in [1.29, 1.82) is 0 Å². The number of hydrogen-bond acceptors (Lipinski definition) is 4. The normalized spacial score (nSPS) is 10.9. The molecule has 2 amide bonds. The lowest BCUT2D eigenvalue weighted by Gasteiger charge is -2.31. The zero-order chi connectivity index (χ0) is 21.7. The van der Waals surface area contributed by atoms with Gasteiger partial charge in [-0.15, -0.1) is 0 Å². The number of nitrogens with zero attached hydrogens (tertiary/aromatic N) is 1. The molecule has 0 saturated heterocycles. The van der Waals surface area contributed by atoms with Gasteiger partial charge in [-0.1, -0.05) is 77.9 Å². The summed E-state index contributed by atoms with van der Waals surface area (Å²) in [6.45, 7) is 3.84. The number of ether oxygens (including phenoxy) is 1. The molecule has 6 heteroatoms. The van der Waals surface area contributed by atoms with Crippen LogP contribution in [0.15, 0.2) is 78.9 Å². The van der Waals surface area contributed by atoms with Crippen LogP contribution in [0.25, 0.3) is 0 Å². The van der Waals surface area contributed by atoms with Crippen molar-refractivity contribution < 1.29 is 19.4 Å². The maximum absolute atomic E-state index is 13.4. The molecule has 0 aliphatic heterocycles. The van der Waals surface area contributed by atoms with Gasteiger partial charge in [0, 0.05) is 0 Å². The predicted molar refractivity (Wildman–Crippen MR) is 115 cm³/mol. The molecule has 0 spiro atoms. The Kier molecular flexibility index (Phi) is 6.18. The summed E-state index contributed by atoms with van der Waals surface area (Å²) in [6.07, 6.45) is -0.787. The van der Waals surface area contributed by atoms with E-state index >= 15 is 0 Å². The minimum atomic E-state index is -2.03. The van der Waals surface area contributed by atoms with Crippen LogP contribution in [0.1, 0.15) is 22.3 Å². The number of carbonyl (C=O) groups is 2. The number of para-hydroxylation sites is 1. The van der Waals surface area contributed by atoms with E-state index < -0.39 is 17.6 Å². The van der Waals surface area contributed by atoms with Crippen LogP contribution in [-0.2, 0) is 15.1 Å². The Balaban J connectivity index is 2.06. The van der Waals surface area contributed by atoms with Crippen LogP contribution < -0.4 is 10.4 Å². The minimum absolute atomic E-state index is 0.382. The van der Waals surface area contributed by atoms with Gasteiger partial charge in [0.15, 0.2) is 5.60 Å². The number of carbonyl (C=O) groups excluding carboxylic acids is 2. The largest absolute Gasteiger partial charge is 0.451 e. The summed E-state index contributed by atoms with van der Waals surface area (Å²) in [4.78, 5) is 25.8. The van der Waals surface area contributed by atoms with Crippen LogP contribution >= 0.6 is 0 Å². The molecule has 0 atom stereocenters. The molecule has 154 valence electrons. The highest BCUT2D eigenvalue weighted by Crippen LogP contribution is 2.31. The van der Waals surface area contributed by atoms with E-state index in [4.69, 9.17) is 4.74 Å². The van der Waals surface area contributed by atoms with Gasteiger partial charge in [0.1, 0.15) is 0 Å². The molecule has 3 aromatic rings. The molecule has 3 aromatic carbocycles. The fourth-order valence-electron chi connectivity index (χ4n) is 3.08. The second kappa shape index (κ2) is 8.80. The summed E-state index contributed by atoms with van der Waals surface area (Å²) in [5.74, 6) is -0.788. The van der Waals surface area contributed by atoms with Crippen LogP contribution in [0.3, 0.4) is 0 Å². The van der Waals surface area contributed by atoms with Gasteiger partial charge in [-0.3, -0.25) is 10.2 Å². The summed E-state index contributed by atoms with van der Waals surface area (Å²) in [5.41, 5.74) is 3.64. The molecule has 0 bridgehead atoms. The zero-order valence-corrected chi connectivity index (χ0v) is 17.1. The summed E-state index contributed by atoms with van der Waals surface area (Å²) in [7, 11) is 1.22. The molecule has 0 heterocycles. The highest BCUT2D eigenvalue weighted by atomic mass is 16.5. The van der Waals surface area contributed by atoms with E-state index in [2.05, 4.69) is 5.43 Å². The number of methoxy groups -OCH3 is 1. The van der Waals surface area contributed by atoms with Crippen molar-refractivity contribution >= 4 is 17.7 Å². The fourth-order valence-corrected chi connectivity index (χ4v) is 3.08. The van der Waals surface area contributed by atoms with Gasteiger partial charge in [-0.05, 0) is 37.1 Å². The third-order valence-electron chi connectivity index (χ3n) is 4.85. The molecular weight excluding hydrogens is 380 g/mol. The van der Waals surface area contributed by atoms with Crippen molar-refractivity contribution in [3.05, 3.63) is 101 Å². The number of benzene rings is 3. The quantitative estimate of drug-likeness (QED) is 0.648. The molecule has 30 heavy (non-hydrogen) atoms. The third kappa shape index (κ3) is 4.18. The first kappa shape index (κ1) is 21.1. The van der Waals surface area contributed by atoms with E-state index in [1.807, 2.05) is 38.1 Å². The summed E-state index contributed by atoms with van der Waals surface area (Å²) in [6, 6.07) is 22.6. The third-order valence-corrected chi connectivity index (χ3v) is 4.85. The Hall–Kier alpha value is -3.64. The van der Waals surface area contributed by atoms with Gasteiger partial charge in [-0.25, -0.2) is 4.79 Å². The molecule has 0 aromatic heterocycles. The second-order valence-corrected chi connectivity index (χ2v) is 7.02. The average molecular weight is 404 g/mol. The lowest BCUT2D eigenvalue weighted by Crippen LogP contribution is -2.54. The Bertz CT molecular complexity index is 970. The number of aryl methyl sites for hydroxylation is 2. The molecule has 6 nitrogen and oxygen atoms in total. The molecule has 0 radical (unpaired) electrons. The summed E-state index contributed by atoms with van der Waals surface area (Å²) >= 11 is 0. The summed E-state index contributed by atoms with van der Waals surface area (Å²) in [5, 5.41) is 12.6. The zero-order valence-electron chi connectivity index (χ0n) is 17.1. The second-order valence-electron chi connectivity index (χ2n) is 7.02. The Morgan fingerprint density at radius 3 is 1.73 bits per heavy atom. The van der Waals surface area contributed by atoms with E-state index in [1.165, 1.54) is 7.11 Å². The van der Waals surface area contributed by atoms with Crippen molar-refractivity contribution in [2.24, 2.45) is 0 Å². The van der Waals surface area contributed by atoms with Crippen molar-refractivity contribution in [1.82, 2.24) is 5.43 Å². The van der Waals surface area contributed by atoms with E-state index in [-0.39, 0.29) is 0 Å². The molecule has 3 rings (SSSR count). The van der Waals surface area contributed by atoms with Crippen molar-refractivity contribution in [2.45, 2.75) is 19.4 Å². The van der Waals surface area contributed by atoms with Crippen LogP contribution in [0.5, 0.6) is 0 Å². The first-order chi connectivity index (χ1) is 14.4. The molecule has 0 saturated carbocycles. The van der Waals surface area contributed by atoms with Gasteiger partial charge in [0.25, 0.3) is 5.91 Å². The van der Waals surface area contributed by atoms with Gasteiger partial charge in [0.05, 0.1) is 12.8 Å². The number of aliphatic hydroxyl groups is 1. The first-order valence-electron chi connectivity index (χ1n) is 9.47. The fraction of sp³-hybridized carbons (Fsp3) is 0.167. The standard InChI is InChI=1S/C24H24N2O4/c1-17-9-13-19(14-10-17)24(29,20-15-11-18(2)12-16-20)22(27)25-26(23(28)30-3)21-7-5-4-6-8-21/h4-16,29H,1-3H3,(H,25,27). The molecule has 0 unspecified atom stereocenters. The van der Waals surface area contributed by atoms with Crippen LogP contribution in [0.4, 0.5) is 10.5 Å². The lowest BCUT2D eigenvalue weighted by molar-refractivity contribution is -0.136. The topological polar surface area (TPSA) is 78.9 Å². The number of hydrogen-bond donors (Lipinski definition) is 2. The molecule has 0 aliphatic rings. The highest BCUT2D eigenvalue weighted by molar-refractivity contribution is 5.97. The Morgan fingerprint density at radius 1 is 0.833 bits per heavy atom. The van der Waals surface area contributed by atoms with E-state index in [9.17, 15) is 14.7 Å². The lowest BCUT2D eigenvalue weighted by atomic mass is 9.85. The maximum atomic E-state index is 13.4. The molecular formula is C24H24N2O4. The number of nitrogens with one attached hydrogen (secondary N) is 1. The van der Waals surface area contributed by atoms with Crippen molar-refractivity contribution in [3.8, 4) is 0 Å². The molecule has 2 N–H and O–H groups in total. The summed E-state index contributed by atoms with van der Waals surface area (Å²) < 4.78 is 4.81. The van der Waals surface area contributed by atoms with E-state index in [1.54, 1.807) is 54.6 Å². The first-order valence-corrected chi connectivity index (χ1v) is 9.47. The maximum Gasteiger partial charge on any atom is 0.433 e. The number of amides is 2. The SMILES string of the molecule is COC(=O)N(NC(=O)C(O)(c1ccc(C)cc1)c1ccc(C)cc1)c1ccccc1. The van der Waals surface area contributed by atoms with E-state index in [0.29, 0.717) is 16.8 Å². The minimum Gasteiger partial charge on any atom is -0.451 e. The van der Waals surface area contributed by atoms with Gasteiger partial charge in [-0.2, -0.15) is 5.01 Å². The number of rotatable bonds is 4. The highest BCUT2D eigenvalue weighted by Gasteiger charge is 2.41. The Morgan fingerprint density at radius 2 is 1.30 bits per heavy atom. The smallest absolute Gasteiger partial charge is 0.433 e. The van der Waals surface area contributed by atoms with E-state index in [0.717, 1.165) is 16.1 Å². The van der Waals surface area contributed by atoms with Gasteiger partial charge >= 0.3 is 6.09 Å². The monoisotopic (exact) mass is 404 g/mol. The van der Waals surface area contributed by atoms with Crippen LogP contribution in [0, 0.1) is 13.8 Å². The van der Waals surface area contributed by atoms with Crippen LogP contribution in [0.2, 0.25) is 0 Å². The van der Waals surface area contributed by atoms with Crippen LogP contribution in [-0.4, -0.2) is 24.2 Å². The number of anilines is 1. The Labute approximate surface area is 175 Å². The van der Waals surface area contributed by atoms with Crippen molar-refractivity contribution in [3.63, 3.8) is 0 Å².